The number of hydrogen-bond acceptors (Lipinski definition) is 6. The fourth-order valence-corrected chi connectivity index (χ4v) is 2.33. The second-order valence-electron chi connectivity index (χ2n) is 4.42. The summed E-state index contributed by atoms with van der Waals surface area (Å²) in [6, 6.07) is 0. The lowest BCUT2D eigenvalue weighted by Gasteiger charge is -2.13. The van der Waals surface area contributed by atoms with Crippen LogP contribution in [0.2, 0.25) is 0 Å². The van der Waals surface area contributed by atoms with Crippen LogP contribution in [-0.4, -0.2) is 36.8 Å². The summed E-state index contributed by atoms with van der Waals surface area (Å²) in [5, 5.41) is 9.87. The molecule has 0 saturated carbocycles. The minimum Gasteiger partial charge on any atom is -0.390 e. The number of aliphatic hydroxyl groups excluding tert-OH is 1. The highest BCUT2D eigenvalue weighted by Crippen LogP contribution is 2.32. The molecule has 1 aliphatic rings. The predicted octanol–water partition coefficient (Wildman–Crippen LogP) is 0.467. The quantitative estimate of drug-likeness (QED) is 0.802. The highest BCUT2D eigenvalue weighted by atomic mass is 16.5. The molecular weight excluding hydrogens is 234 g/mol. The van der Waals surface area contributed by atoms with Gasteiger partial charge in [-0.25, -0.2) is 15.0 Å². The molecule has 0 amide bonds. The van der Waals surface area contributed by atoms with Crippen molar-refractivity contribution in [3.8, 4) is 0 Å². The molecule has 0 aliphatic carbocycles. The Morgan fingerprint density at radius 3 is 3.06 bits per heavy atom. The molecule has 1 saturated heterocycles. The number of aliphatic hydroxyl groups is 1. The lowest BCUT2D eigenvalue weighted by atomic mass is 10.1. The summed E-state index contributed by atoms with van der Waals surface area (Å²) in [6.07, 6.45) is 3.52. The first kappa shape index (κ1) is 11.4. The average molecular weight is 249 g/mol. The van der Waals surface area contributed by atoms with E-state index in [4.69, 9.17) is 10.5 Å². The first-order chi connectivity index (χ1) is 8.70. The number of hydrogen-bond donors (Lipinski definition) is 2. The van der Waals surface area contributed by atoms with Gasteiger partial charge in [0.25, 0.3) is 0 Å². The third kappa shape index (κ3) is 1.63. The summed E-state index contributed by atoms with van der Waals surface area (Å²) in [5.41, 5.74) is 6.93. The molecule has 0 radical (unpaired) electrons. The third-order valence-corrected chi connectivity index (χ3v) is 3.30. The van der Waals surface area contributed by atoms with Crippen molar-refractivity contribution in [2.45, 2.75) is 38.2 Å². The van der Waals surface area contributed by atoms with Crippen LogP contribution in [0.1, 0.15) is 26.0 Å². The maximum atomic E-state index is 9.87. The molecule has 0 spiro atoms. The highest BCUT2D eigenvalue weighted by Gasteiger charge is 2.34. The Kier molecular flexibility index (Phi) is 2.64. The normalized spacial score (nSPS) is 28.0. The van der Waals surface area contributed by atoms with E-state index < -0.39 is 6.10 Å². The maximum absolute atomic E-state index is 9.87. The number of nitrogens with zero attached hydrogens (tertiary/aromatic N) is 4. The van der Waals surface area contributed by atoms with Gasteiger partial charge >= 0.3 is 0 Å². The molecule has 1 fully saturated rings. The van der Waals surface area contributed by atoms with Crippen LogP contribution in [0.4, 0.5) is 5.82 Å². The summed E-state index contributed by atoms with van der Waals surface area (Å²) >= 11 is 0. The SMILES string of the molecule is CC[C@@H]1O[C@H](n2cnc3c(N)ncnc32)CC1O. The van der Waals surface area contributed by atoms with E-state index in [0.29, 0.717) is 23.4 Å². The molecule has 7 nitrogen and oxygen atoms in total. The van der Waals surface area contributed by atoms with Gasteiger partial charge in [-0.05, 0) is 6.42 Å². The van der Waals surface area contributed by atoms with Gasteiger partial charge in [-0.2, -0.15) is 0 Å². The Balaban J connectivity index is 1.99. The topological polar surface area (TPSA) is 99.1 Å². The van der Waals surface area contributed by atoms with Gasteiger partial charge in [0.2, 0.25) is 0 Å². The van der Waals surface area contributed by atoms with Gasteiger partial charge in [0.05, 0.1) is 18.5 Å². The molecule has 2 aromatic rings. The van der Waals surface area contributed by atoms with Crippen molar-refractivity contribution in [2.24, 2.45) is 0 Å². The van der Waals surface area contributed by atoms with E-state index in [2.05, 4.69) is 15.0 Å². The standard InChI is InChI=1S/C11H15N5O2/c1-2-7-6(17)3-8(18-7)16-5-15-9-10(12)13-4-14-11(9)16/h4-8,17H,2-3H2,1H3,(H2,12,13,14)/t6?,7-,8-/m0/s1. The van der Waals surface area contributed by atoms with Gasteiger partial charge in [0.15, 0.2) is 11.5 Å². The van der Waals surface area contributed by atoms with Crippen molar-refractivity contribution in [3.05, 3.63) is 12.7 Å². The Bertz CT molecular complexity index is 570. The average Bonchev–Trinajstić information content (AvgIpc) is 2.93. The molecule has 3 atom stereocenters. The molecule has 96 valence electrons. The monoisotopic (exact) mass is 249 g/mol. The second-order valence-corrected chi connectivity index (χ2v) is 4.42. The molecule has 7 heteroatoms. The van der Waals surface area contributed by atoms with Crippen LogP contribution in [0.3, 0.4) is 0 Å². The molecule has 3 N–H and O–H groups in total. The van der Waals surface area contributed by atoms with Crippen molar-refractivity contribution < 1.29 is 9.84 Å². The molecule has 18 heavy (non-hydrogen) atoms. The number of anilines is 1. The van der Waals surface area contributed by atoms with Crippen LogP contribution >= 0.6 is 0 Å². The van der Waals surface area contributed by atoms with Crippen molar-refractivity contribution in [2.75, 3.05) is 5.73 Å². The molecule has 0 aromatic carbocycles. The molecule has 3 heterocycles. The van der Waals surface area contributed by atoms with Crippen molar-refractivity contribution >= 4 is 17.0 Å². The summed E-state index contributed by atoms with van der Waals surface area (Å²) in [7, 11) is 0. The van der Waals surface area contributed by atoms with Gasteiger partial charge < -0.3 is 15.6 Å². The maximum Gasteiger partial charge on any atom is 0.167 e. The largest absolute Gasteiger partial charge is 0.390 e. The van der Waals surface area contributed by atoms with Crippen LogP contribution in [0.5, 0.6) is 0 Å². The summed E-state index contributed by atoms with van der Waals surface area (Å²) in [6.45, 7) is 1.99. The highest BCUT2D eigenvalue weighted by molar-refractivity contribution is 5.81. The Morgan fingerprint density at radius 2 is 2.33 bits per heavy atom. The Morgan fingerprint density at radius 1 is 1.50 bits per heavy atom. The van der Waals surface area contributed by atoms with E-state index in [1.165, 1.54) is 6.33 Å². The van der Waals surface area contributed by atoms with E-state index in [1.54, 1.807) is 10.9 Å². The number of ether oxygens (including phenoxy) is 1. The van der Waals surface area contributed by atoms with Crippen molar-refractivity contribution in [1.82, 2.24) is 19.5 Å². The predicted molar refractivity (Wildman–Crippen MR) is 64.6 cm³/mol. The van der Waals surface area contributed by atoms with E-state index in [9.17, 15) is 5.11 Å². The number of fused-ring (bicyclic) bond motifs is 1. The fraction of sp³-hybridized carbons (Fsp3) is 0.545. The van der Waals surface area contributed by atoms with E-state index >= 15 is 0 Å². The fourth-order valence-electron chi connectivity index (χ4n) is 2.33. The van der Waals surface area contributed by atoms with Crippen LogP contribution < -0.4 is 5.73 Å². The number of nitrogen functional groups attached to an aromatic ring is 1. The number of rotatable bonds is 2. The minimum atomic E-state index is -0.448. The van der Waals surface area contributed by atoms with Crippen LogP contribution in [0.25, 0.3) is 11.2 Å². The van der Waals surface area contributed by atoms with Gasteiger partial charge in [0.1, 0.15) is 18.1 Å². The second kappa shape index (κ2) is 4.18. The van der Waals surface area contributed by atoms with Crippen LogP contribution in [0, 0.1) is 0 Å². The van der Waals surface area contributed by atoms with Crippen molar-refractivity contribution in [1.29, 1.82) is 0 Å². The zero-order chi connectivity index (χ0) is 12.7. The van der Waals surface area contributed by atoms with Gasteiger partial charge in [0, 0.05) is 6.42 Å². The number of aromatic nitrogens is 4. The van der Waals surface area contributed by atoms with Crippen molar-refractivity contribution in [3.63, 3.8) is 0 Å². The first-order valence-corrected chi connectivity index (χ1v) is 5.97. The van der Waals surface area contributed by atoms with Gasteiger partial charge in [-0.3, -0.25) is 4.57 Å². The summed E-state index contributed by atoms with van der Waals surface area (Å²) in [5.74, 6) is 0.351. The summed E-state index contributed by atoms with van der Waals surface area (Å²) < 4.78 is 7.58. The zero-order valence-electron chi connectivity index (χ0n) is 10.0. The van der Waals surface area contributed by atoms with E-state index in [0.717, 1.165) is 6.42 Å². The Labute approximate surface area is 104 Å². The van der Waals surface area contributed by atoms with Gasteiger partial charge in [-0.1, -0.05) is 6.92 Å². The van der Waals surface area contributed by atoms with E-state index in [-0.39, 0.29) is 12.3 Å². The molecule has 2 aromatic heterocycles. The molecule has 1 unspecified atom stereocenters. The molecule has 3 rings (SSSR count). The molecular formula is C11H15N5O2. The lowest BCUT2D eigenvalue weighted by molar-refractivity contribution is -0.0183. The molecule has 0 bridgehead atoms. The van der Waals surface area contributed by atoms with Crippen LogP contribution in [-0.2, 0) is 4.74 Å². The van der Waals surface area contributed by atoms with E-state index in [1.807, 2.05) is 6.92 Å². The number of nitrogens with two attached hydrogens (primary N) is 1. The smallest absolute Gasteiger partial charge is 0.167 e. The third-order valence-electron chi connectivity index (χ3n) is 3.30. The lowest BCUT2D eigenvalue weighted by Crippen LogP contribution is -2.19. The summed E-state index contributed by atoms with van der Waals surface area (Å²) in [4.78, 5) is 12.3. The Hall–Kier alpha value is -1.73. The minimum absolute atomic E-state index is 0.133. The van der Waals surface area contributed by atoms with Crippen LogP contribution in [0.15, 0.2) is 12.7 Å². The van der Waals surface area contributed by atoms with Gasteiger partial charge in [-0.15, -0.1) is 0 Å². The molecule has 1 aliphatic heterocycles. The first-order valence-electron chi connectivity index (χ1n) is 5.97. The zero-order valence-corrected chi connectivity index (χ0v) is 10.0. The number of imidazole rings is 1.